The van der Waals surface area contributed by atoms with Gasteiger partial charge in [0.2, 0.25) is 5.91 Å². The van der Waals surface area contributed by atoms with Gasteiger partial charge in [0.25, 0.3) is 0 Å². The molecule has 1 saturated heterocycles. The van der Waals surface area contributed by atoms with E-state index in [4.69, 9.17) is 9.47 Å². The maximum absolute atomic E-state index is 13.0. The highest BCUT2D eigenvalue weighted by Gasteiger charge is 2.34. The van der Waals surface area contributed by atoms with Crippen LogP contribution >= 0.6 is 0 Å². The van der Waals surface area contributed by atoms with Crippen LogP contribution in [0.4, 0.5) is 11.4 Å². The number of nitrogens with one attached hydrogen (secondary N) is 1. The summed E-state index contributed by atoms with van der Waals surface area (Å²) >= 11 is 0. The number of carbonyl (C=O) groups excluding carboxylic acids is 1. The molecule has 2 fully saturated rings. The number of amides is 1. The van der Waals surface area contributed by atoms with E-state index in [1.165, 1.54) is 18.4 Å². The molecule has 1 atom stereocenters. The first-order chi connectivity index (χ1) is 14.2. The van der Waals surface area contributed by atoms with Crippen molar-refractivity contribution >= 4 is 17.3 Å². The molecule has 1 saturated carbocycles. The first kappa shape index (κ1) is 19.8. The Morgan fingerprint density at radius 3 is 2.66 bits per heavy atom. The molecule has 1 aliphatic carbocycles. The third kappa shape index (κ3) is 4.73. The number of nitrogens with zero attached hydrogens (tertiary/aromatic N) is 1. The summed E-state index contributed by atoms with van der Waals surface area (Å²) in [6, 6.07) is 14.4. The topological polar surface area (TPSA) is 50.8 Å². The van der Waals surface area contributed by atoms with Crippen LogP contribution < -0.4 is 15.0 Å². The first-order valence-electron chi connectivity index (χ1n) is 10.5. The van der Waals surface area contributed by atoms with Gasteiger partial charge in [-0.15, -0.1) is 0 Å². The molecule has 2 aromatic rings. The maximum Gasteiger partial charge on any atom is 0.225 e. The number of para-hydroxylation sites is 2. The second-order valence-electron chi connectivity index (χ2n) is 8.04. The number of ether oxygens (including phenoxy) is 2. The van der Waals surface area contributed by atoms with Gasteiger partial charge in [0, 0.05) is 19.5 Å². The molecule has 1 heterocycles. The molecule has 1 unspecified atom stereocenters. The SMILES string of the molecule is COc1ccc(C(CC(=O)Nc2ccccc2N2CCOCC2)C2CC2)cc1C. The number of morpholine rings is 1. The summed E-state index contributed by atoms with van der Waals surface area (Å²) in [6.45, 7) is 5.21. The molecule has 154 valence electrons. The summed E-state index contributed by atoms with van der Waals surface area (Å²) in [5.41, 5.74) is 4.32. The van der Waals surface area contributed by atoms with E-state index in [0.29, 0.717) is 12.3 Å². The molecule has 5 nitrogen and oxygen atoms in total. The monoisotopic (exact) mass is 394 g/mol. The average molecular weight is 395 g/mol. The van der Waals surface area contributed by atoms with Crippen LogP contribution in [0.5, 0.6) is 5.75 Å². The largest absolute Gasteiger partial charge is 0.496 e. The van der Waals surface area contributed by atoms with Crippen LogP contribution in [0, 0.1) is 12.8 Å². The van der Waals surface area contributed by atoms with Crippen LogP contribution in [0.1, 0.15) is 36.3 Å². The molecule has 2 aliphatic rings. The summed E-state index contributed by atoms with van der Waals surface area (Å²) in [5.74, 6) is 1.83. The lowest BCUT2D eigenvalue weighted by Crippen LogP contribution is -2.36. The van der Waals surface area contributed by atoms with Crippen LogP contribution in [0.3, 0.4) is 0 Å². The minimum atomic E-state index is 0.0797. The second kappa shape index (κ2) is 8.87. The van der Waals surface area contributed by atoms with Crippen molar-refractivity contribution in [1.82, 2.24) is 0 Å². The molecular weight excluding hydrogens is 364 g/mol. The number of anilines is 2. The Labute approximate surface area is 173 Å². The van der Waals surface area contributed by atoms with Crippen LogP contribution in [0.2, 0.25) is 0 Å². The number of methoxy groups -OCH3 is 1. The van der Waals surface area contributed by atoms with E-state index in [9.17, 15) is 4.79 Å². The van der Waals surface area contributed by atoms with E-state index >= 15 is 0 Å². The molecule has 0 bridgehead atoms. The zero-order valence-corrected chi connectivity index (χ0v) is 17.3. The van der Waals surface area contributed by atoms with E-state index in [1.54, 1.807) is 7.11 Å². The second-order valence-corrected chi connectivity index (χ2v) is 8.04. The molecule has 29 heavy (non-hydrogen) atoms. The highest BCUT2D eigenvalue weighted by molar-refractivity contribution is 5.94. The van der Waals surface area contributed by atoms with Crippen molar-refractivity contribution in [2.24, 2.45) is 5.92 Å². The molecule has 1 N–H and O–H groups in total. The zero-order chi connectivity index (χ0) is 20.2. The average Bonchev–Trinajstić information content (AvgIpc) is 3.58. The van der Waals surface area contributed by atoms with Crippen LogP contribution in [-0.4, -0.2) is 39.3 Å². The van der Waals surface area contributed by atoms with Gasteiger partial charge in [0.1, 0.15) is 5.75 Å². The Hall–Kier alpha value is -2.53. The number of benzene rings is 2. The van der Waals surface area contributed by atoms with Crippen molar-refractivity contribution in [3.63, 3.8) is 0 Å². The smallest absolute Gasteiger partial charge is 0.225 e. The molecule has 2 aromatic carbocycles. The highest BCUT2D eigenvalue weighted by Crippen LogP contribution is 2.45. The lowest BCUT2D eigenvalue weighted by atomic mass is 9.89. The summed E-state index contributed by atoms with van der Waals surface area (Å²) in [4.78, 5) is 15.3. The fourth-order valence-corrected chi connectivity index (χ4v) is 4.25. The molecule has 5 heteroatoms. The van der Waals surface area contributed by atoms with Crippen LogP contribution in [0.25, 0.3) is 0 Å². The van der Waals surface area contributed by atoms with Crippen molar-refractivity contribution in [2.75, 3.05) is 43.6 Å². The van der Waals surface area contributed by atoms with Gasteiger partial charge < -0.3 is 19.7 Å². The van der Waals surface area contributed by atoms with Gasteiger partial charge >= 0.3 is 0 Å². The molecule has 1 amide bonds. The fourth-order valence-electron chi connectivity index (χ4n) is 4.25. The third-order valence-corrected chi connectivity index (χ3v) is 5.97. The van der Waals surface area contributed by atoms with E-state index in [1.807, 2.05) is 24.3 Å². The summed E-state index contributed by atoms with van der Waals surface area (Å²) < 4.78 is 10.9. The van der Waals surface area contributed by atoms with Crippen molar-refractivity contribution in [3.8, 4) is 5.75 Å². The van der Waals surface area contributed by atoms with Crippen molar-refractivity contribution in [1.29, 1.82) is 0 Å². The normalized spacial score (nSPS) is 17.7. The minimum Gasteiger partial charge on any atom is -0.496 e. The maximum atomic E-state index is 13.0. The molecule has 0 radical (unpaired) electrons. The Balaban J connectivity index is 1.48. The minimum absolute atomic E-state index is 0.0797. The van der Waals surface area contributed by atoms with E-state index in [-0.39, 0.29) is 11.8 Å². The Kier molecular flexibility index (Phi) is 6.05. The van der Waals surface area contributed by atoms with Crippen LogP contribution in [0.15, 0.2) is 42.5 Å². The lowest BCUT2D eigenvalue weighted by Gasteiger charge is -2.30. The standard InChI is InChI=1S/C24H30N2O3/c1-17-15-19(9-10-23(17)28-2)20(18-7-8-18)16-24(27)25-21-5-3-4-6-22(21)26-11-13-29-14-12-26/h3-6,9-10,15,18,20H,7-8,11-14,16H2,1-2H3,(H,25,27). The predicted octanol–water partition coefficient (Wildman–Crippen LogP) is 4.36. The van der Waals surface area contributed by atoms with Gasteiger partial charge in [-0.25, -0.2) is 0 Å². The molecule has 4 rings (SSSR count). The fraction of sp³-hybridized carbons (Fsp3) is 0.458. The van der Waals surface area contributed by atoms with E-state index < -0.39 is 0 Å². The lowest BCUT2D eigenvalue weighted by molar-refractivity contribution is -0.116. The Bertz CT molecular complexity index is 857. The number of hydrogen-bond donors (Lipinski definition) is 1. The third-order valence-electron chi connectivity index (χ3n) is 5.97. The number of rotatable bonds is 7. The summed E-state index contributed by atoms with van der Waals surface area (Å²) in [6.07, 6.45) is 2.91. The summed E-state index contributed by atoms with van der Waals surface area (Å²) in [7, 11) is 1.69. The summed E-state index contributed by atoms with van der Waals surface area (Å²) in [5, 5.41) is 3.18. The predicted molar refractivity (Wildman–Crippen MR) is 116 cm³/mol. The van der Waals surface area contributed by atoms with Gasteiger partial charge in [-0.05, 0) is 60.9 Å². The molecule has 1 aliphatic heterocycles. The number of hydrogen-bond acceptors (Lipinski definition) is 4. The number of aryl methyl sites for hydroxylation is 1. The van der Waals surface area contributed by atoms with Gasteiger partial charge in [0.05, 0.1) is 31.7 Å². The molecule has 0 aromatic heterocycles. The van der Waals surface area contributed by atoms with E-state index in [0.717, 1.165) is 49.0 Å². The van der Waals surface area contributed by atoms with E-state index in [2.05, 4.69) is 35.3 Å². The first-order valence-corrected chi connectivity index (χ1v) is 10.5. The Morgan fingerprint density at radius 1 is 1.21 bits per heavy atom. The van der Waals surface area contributed by atoms with Crippen molar-refractivity contribution in [3.05, 3.63) is 53.6 Å². The Morgan fingerprint density at radius 2 is 1.97 bits per heavy atom. The van der Waals surface area contributed by atoms with Gasteiger partial charge in [0.15, 0.2) is 0 Å². The molecule has 0 spiro atoms. The van der Waals surface area contributed by atoms with Gasteiger partial charge in [-0.3, -0.25) is 4.79 Å². The van der Waals surface area contributed by atoms with Gasteiger partial charge in [-0.2, -0.15) is 0 Å². The molecular formula is C24H30N2O3. The highest BCUT2D eigenvalue weighted by atomic mass is 16.5. The van der Waals surface area contributed by atoms with Crippen molar-refractivity contribution < 1.29 is 14.3 Å². The zero-order valence-electron chi connectivity index (χ0n) is 17.3. The number of carbonyl (C=O) groups is 1. The van der Waals surface area contributed by atoms with Crippen molar-refractivity contribution in [2.45, 2.75) is 32.1 Å². The van der Waals surface area contributed by atoms with Crippen LogP contribution in [-0.2, 0) is 9.53 Å². The van der Waals surface area contributed by atoms with Gasteiger partial charge in [-0.1, -0.05) is 24.3 Å². The quantitative estimate of drug-likeness (QED) is 0.758.